The number of nitrogens with one attached hydrogen (secondary N) is 1. The number of carbonyl (C=O) groups excluding carboxylic acids is 1. The minimum absolute atomic E-state index is 0.173. The van der Waals surface area contributed by atoms with Crippen molar-refractivity contribution in [3.05, 3.63) is 0 Å². The summed E-state index contributed by atoms with van der Waals surface area (Å²) in [5, 5.41) is 3.08. The fourth-order valence-corrected chi connectivity index (χ4v) is 2.45. The van der Waals surface area contributed by atoms with E-state index in [1.54, 1.807) is 0 Å². The fourth-order valence-electron chi connectivity index (χ4n) is 2.45. The maximum atomic E-state index is 12.0. The van der Waals surface area contributed by atoms with Crippen LogP contribution in [0.4, 0.5) is 0 Å². The van der Waals surface area contributed by atoms with Gasteiger partial charge in [-0.1, -0.05) is 20.8 Å². The Balaban J connectivity index is 2.26. The summed E-state index contributed by atoms with van der Waals surface area (Å²) >= 11 is 0. The lowest BCUT2D eigenvalue weighted by atomic mass is 9.80. The molecule has 0 aromatic rings. The summed E-state index contributed by atoms with van der Waals surface area (Å²) in [6, 6.07) is 0. The monoisotopic (exact) mass is 240 g/mol. The van der Waals surface area contributed by atoms with Gasteiger partial charge in [0.05, 0.1) is 0 Å². The molecule has 0 spiro atoms. The van der Waals surface area contributed by atoms with E-state index < -0.39 is 0 Å². The Hall–Kier alpha value is -0.570. The molecular formula is C14H28N2O. The normalized spacial score (nSPS) is 25.6. The van der Waals surface area contributed by atoms with Crippen LogP contribution in [0.25, 0.3) is 0 Å². The number of carbonyl (C=O) groups is 1. The maximum Gasteiger partial charge on any atom is 0.223 e. The van der Waals surface area contributed by atoms with Gasteiger partial charge in [0.1, 0.15) is 0 Å². The summed E-state index contributed by atoms with van der Waals surface area (Å²) in [7, 11) is 0. The highest BCUT2D eigenvalue weighted by Crippen LogP contribution is 2.30. The van der Waals surface area contributed by atoms with Crippen LogP contribution in [-0.2, 0) is 4.79 Å². The Kier molecular flexibility index (Phi) is 5.44. The van der Waals surface area contributed by atoms with Gasteiger partial charge in [-0.3, -0.25) is 4.79 Å². The van der Waals surface area contributed by atoms with E-state index in [4.69, 9.17) is 5.73 Å². The maximum absolute atomic E-state index is 12.0. The molecule has 1 aliphatic carbocycles. The van der Waals surface area contributed by atoms with Crippen molar-refractivity contribution in [3.8, 4) is 0 Å². The molecule has 1 amide bonds. The van der Waals surface area contributed by atoms with Gasteiger partial charge >= 0.3 is 0 Å². The summed E-state index contributed by atoms with van der Waals surface area (Å²) < 4.78 is 0. The Bertz CT molecular complexity index is 237. The van der Waals surface area contributed by atoms with E-state index in [0.717, 1.165) is 38.3 Å². The zero-order valence-electron chi connectivity index (χ0n) is 11.6. The fraction of sp³-hybridized carbons (Fsp3) is 0.929. The SMILES string of the molecule is CC(C)(C)CNC(=O)C1CCC(CCN)CC1. The number of hydrogen-bond acceptors (Lipinski definition) is 2. The zero-order valence-corrected chi connectivity index (χ0v) is 11.6. The van der Waals surface area contributed by atoms with Gasteiger partial charge in [-0.15, -0.1) is 0 Å². The van der Waals surface area contributed by atoms with Gasteiger partial charge in [-0.25, -0.2) is 0 Å². The van der Waals surface area contributed by atoms with Gasteiger partial charge in [0, 0.05) is 12.5 Å². The van der Waals surface area contributed by atoms with Crippen LogP contribution in [0.5, 0.6) is 0 Å². The lowest BCUT2D eigenvalue weighted by Gasteiger charge is -2.28. The van der Waals surface area contributed by atoms with Crippen molar-refractivity contribution in [1.29, 1.82) is 0 Å². The number of rotatable bonds is 4. The molecule has 0 radical (unpaired) electrons. The average molecular weight is 240 g/mol. The Morgan fingerprint density at radius 1 is 1.24 bits per heavy atom. The second-order valence-corrected chi connectivity index (χ2v) is 6.57. The highest BCUT2D eigenvalue weighted by molar-refractivity contribution is 5.78. The minimum atomic E-state index is 0.173. The summed E-state index contributed by atoms with van der Waals surface area (Å²) in [5.74, 6) is 1.25. The molecule has 0 aromatic heterocycles. The van der Waals surface area contributed by atoms with Crippen molar-refractivity contribution in [2.45, 2.75) is 52.9 Å². The van der Waals surface area contributed by atoms with Crippen LogP contribution in [0, 0.1) is 17.3 Å². The van der Waals surface area contributed by atoms with Gasteiger partial charge in [0.15, 0.2) is 0 Å². The first-order valence-corrected chi connectivity index (χ1v) is 6.90. The quantitative estimate of drug-likeness (QED) is 0.792. The smallest absolute Gasteiger partial charge is 0.223 e. The van der Waals surface area contributed by atoms with Crippen LogP contribution in [0.1, 0.15) is 52.9 Å². The summed E-state index contributed by atoms with van der Waals surface area (Å²) in [6.45, 7) is 7.99. The number of amides is 1. The minimum Gasteiger partial charge on any atom is -0.355 e. The molecule has 1 saturated carbocycles. The van der Waals surface area contributed by atoms with Gasteiger partial charge in [-0.05, 0) is 50.0 Å². The van der Waals surface area contributed by atoms with Crippen LogP contribution >= 0.6 is 0 Å². The van der Waals surface area contributed by atoms with E-state index in [2.05, 4.69) is 26.1 Å². The molecule has 3 nitrogen and oxygen atoms in total. The molecule has 1 fully saturated rings. The second-order valence-electron chi connectivity index (χ2n) is 6.57. The molecule has 0 atom stereocenters. The first-order valence-electron chi connectivity index (χ1n) is 6.90. The number of nitrogens with two attached hydrogens (primary N) is 1. The average Bonchev–Trinajstić information content (AvgIpc) is 2.26. The van der Waals surface area contributed by atoms with E-state index in [-0.39, 0.29) is 17.2 Å². The summed E-state index contributed by atoms with van der Waals surface area (Å²) in [4.78, 5) is 12.0. The van der Waals surface area contributed by atoms with Crippen molar-refractivity contribution in [2.75, 3.05) is 13.1 Å². The standard InChI is InChI=1S/C14H28N2O/c1-14(2,3)10-16-13(17)12-6-4-11(5-7-12)8-9-15/h11-12H,4-10,15H2,1-3H3,(H,16,17). The molecule has 100 valence electrons. The molecular weight excluding hydrogens is 212 g/mol. The van der Waals surface area contributed by atoms with E-state index in [0.29, 0.717) is 0 Å². The molecule has 3 N–H and O–H groups in total. The molecule has 0 aromatic carbocycles. The van der Waals surface area contributed by atoms with Gasteiger partial charge in [0.2, 0.25) is 5.91 Å². The Morgan fingerprint density at radius 2 is 1.82 bits per heavy atom. The van der Waals surface area contributed by atoms with E-state index in [1.807, 2.05) is 0 Å². The Labute approximate surface area is 106 Å². The van der Waals surface area contributed by atoms with Crippen molar-refractivity contribution in [1.82, 2.24) is 5.32 Å². The molecule has 3 heteroatoms. The van der Waals surface area contributed by atoms with Crippen molar-refractivity contribution < 1.29 is 4.79 Å². The van der Waals surface area contributed by atoms with Gasteiger partial charge < -0.3 is 11.1 Å². The van der Waals surface area contributed by atoms with Crippen LogP contribution in [0.3, 0.4) is 0 Å². The van der Waals surface area contributed by atoms with Crippen molar-refractivity contribution in [3.63, 3.8) is 0 Å². The lowest BCUT2D eigenvalue weighted by Crippen LogP contribution is -2.38. The van der Waals surface area contributed by atoms with E-state index >= 15 is 0 Å². The topological polar surface area (TPSA) is 55.1 Å². The predicted molar refractivity (Wildman–Crippen MR) is 71.6 cm³/mol. The van der Waals surface area contributed by atoms with Gasteiger partial charge in [0.25, 0.3) is 0 Å². The lowest BCUT2D eigenvalue weighted by molar-refractivity contribution is -0.126. The van der Waals surface area contributed by atoms with Crippen LogP contribution in [-0.4, -0.2) is 19.0 Å². The Morgan fingerprint density at radius 3 is 2.29 bits per heavy atom. The molecule has 0 heterocycles. The molecule has 1 aliphatic rings. The summed E-state index contributed by atoms with van der Waals surface area (Å²) in [6.07, 6.45) is 5.55. The first kappa shape index (κ1) is 14.5. The summed E-state index contributed by atoms with van der Waals surface area (Å²) in [5.41, 5.74) is 5.74. The van der Waals surface area contributed by atoms with E-state index in [9.17, 15) is 4.79 Å². The van der Waals surface area contributed by atoms with Crippen LogP contribution in [0.2, 0.25) is 0 Å². The van der Waals surface area contributed by atoms with Gasteiger partial charge in [-0.2, -0.15) is 0 Å². The molecule has 17 heavy (non-hydrogen) atoms. The first-order chi connectivity index (χ1) is 7.92. The zero-order chi connectivity index (χ0) is 12.9. The van der Waals surface area contributed by atoms with Crippen molar-refractivity contribution >= 4 is 5.91 Å². The molecule has 0 saturated heterocycles. The van der Waals surface area contributed by atoms with Crippen LogP contribution < -0.4 is 11.1 Å². The van der Waals surface area contributed by atoms with Crippen molar-refractivity contribution in [2.24, 2.45) is 23.0 Å². The second kappa shape index (κ2) is 6.39. The third-order valence-corrected chi connectivity index (χ3v) is 3.59. The molecule has 0 bridgehead atoms. The van der Waals surface area contributed by atoms with Crippen LogP contribution in [0.15, 0.2) is 0 Å². The highest BCUT2D eigenvalue weighted by atomic mass is 16.1. The highest BCUT2D eigenvalue weighted by Gasteiger charge is 2.26. The molecule has 0 aliphatic heterocycles. The molecule has 1 rings (SSSR count). The third kappa shape index (κ3) is 5.53. The third-order valence-electron chi connectivity index (χ3n) is 3.59. The number of hydrogen-bond donors (Lipinski definition) is 2. The predicted octanol–water partition coefficient (Wildman–Crippen LogP) is 2.30. The largest absolute Gasteiger partial charge is 0.355 e. The molecule has 0 unspecified atom stereocenters. The van der Waals surface area contributed by atoms with E-state index in [1.165, 1.54) is 12.8 Å².